The smallest absolute Gasteiger partial charge is 0.293 e. The fourth-order valence-electron chi connectivity index (χ4n) is 2.20. The molecule has 0 aliphatic carbocycles. The predicted octanol–water partition coefficient (Wildman–Crippen LogP) is 4.77. The van der Waals surface area contributed by atoms with Crippen LogP contribution in [-0.4, -0.2) is 17.6 Å². The lowest BCUT2D eigenvalue weighted by molar-refractivity contribution is -0.128. The van der Waals surface area contributed by atoms with Gasteiger partial charge in [-0.1, -0.05) is 30.3 Å². The molecule has 3 nitrogen and oxygen atoms in total. The van der Waals surface area contributed by atoms with Crippen molar-refractivity contribution in [2.24, 2.45) is 0 Å². The number of carbonyl (C=O) groups is 1. The monoisotopic (exact) mass is 377 g/mol. The van der Waals surface area contributed by atoms with Crippen LogP contribution in [0.3, 0.4) is 0 Å². The Morgan fingerprint density at radius 1 is 1.22 bits per heavy atom. The molecule has 120 valence electrons. The Bertz CT molecular complexity index is 771. The Morgan fingerprint density at radius 2 is 1.96 bits per heavy atom. The molecule has 3 rings (SSSR count). The second-order valence-electron chi connectivity index (χ2n) is 4.80. The molecule has 0 aliphatic rings. The van der Waals surface area contributed by atoms with Crippen molar-refractivity contribution in [1.82, 2.24) is 4.57 Å². The van der Waals surface area contributed by atoms with Crippen LogP contribution in [0, 0.1) is 5.82 Å². The Labute approximate surface area is 142 Å². The summed E-state index contributed by atoms with van der Waals surface area (Å²) in [4.78, 5) is 9.18. The van der Waals surface area contributed by atoms with E-state index in [0.717, 1.165) is 21.9 Å². The summed E-state index contributed by atoms with van der Waals surface area (Å²) in [5.74, 6) is -0.220. The number of benzene rings is 2. The lowest BCUT2D eigenvalue weighted by Crippen LogP contribution is -1.97. The van der Waals surface area contributed by atoms with Crippen LogP contribution in [0.25, 0.3) is 10.9 Å². The van der Waals surface area contributed by atoms with E-state index in [1.165, 1.54) is 11.6 Å². The number of aromatic nitrogens is 1. The molecule has 1 aromatic heterocycles. The summed E-state index contributed by atoms with van der Waals surface area (Å²) in [7, 11) is 0. The molecule has 5 heteroatoms. The minimum Gasteiger partial charge on any atom is -0.468 e. The van der Waals surface area contributed by atoms with Crippen LogP contribution < -0.4 is 0 Å². The van der Waals surface area contributed by atoms with E-state index in [2.05, 4.69) is 37.4 Å². The Balaban J connectivity index is 0.000000338. The Kier molecular flexibility index (Phi) is 6.35. The molecule has 3 aromatic rings. The van der Waals surface area contributed by atoms with Crippen molar-refractivity contribution in [3.8, 4) is 0 Å². The maximum absolute atomic E-state index is 13.5. The number of hydrogen-bond donors (Lipinski definition) is 0. The van der Waals surface area contributed by atoms with Gasteiger partial charge in [0.15, 0.2) is 0 Å². The highest BCUT2D eigenvalue weighted by molar-refractivity contribution is 9.10. The zero-order chi connectivity index (χ0) is 16.7. The highest BCUT2D eigenvalue weighted by Crippen LogP contribution is 2.26. The molecule has 0 amide bonds. The normalized spacial score (nSPS) is 10.0. The molecule has 0 atom stereocenters. The van der Waals surface area contributed by atoms with Crippen molar-refractivity contribution in [2.75, 3.05) is 6.61 Å². The standard InChI is InChI=1S/C15H11BrFN.C3H6O2/c16-14-8-12(17)9-15-13(14)6-7-18(15)10-11-4-2-1-3-5-11;1-2-5-3-4/h1-9H,10H2;3H,2H2,1H3. The fraction of sp³-hybridized carbons (Fsp3) is 0.167. The van der Waals surface area contributed by atoms with Crippen molar-refractivity contribution in [1.29, 1.82) is 0 Å². The van der Waals surface area contributed by atoms with Crippen LogP contribution in [0.2, 0.25) is 0 Å². The summed E-state index contributed by atoms with van der Waals surface area (Å²) in [5, 5.41) is 1.03. The lowest BCUT2D eigenvalue weighted by Gasteiger charge is -2.06. The first-order valence-electron chi connectivity index (χ1n) is 7.18. The van der Waals surface area contributed by atoms with Gasteiger partial charge in [0.1, 0.15) is 5.82 Å². The minimum atomic E-state index is -0.220. The maximum atomic E-state index is 13.5. The van der Waals surface area contributed by atoms with E-state index >= 15 is 0 Å². The van der Waals surface area contributed by atoms with Crippen molar-refractivity contribution < 1.29 is 13.9 Å². The molecular formula is C18H17BrFNO2. The van der Waals surface area contributed by atoms with Gasteiger partial charge in [0, 0.05) is 22.6 Å². The number of rotatable bonds is 4. The molecule has 0 saturated carbocycles. The Morgan fingerprint density at radius 3 is 2.57 bits per heavy atom. The predicted molar refractivity (Wildman–Crippen MR) is 92.8 cm³/mol. The number of ether oxygens (including phenoxy) is 1. The molecule has 0 spiro atoms. The number of halogens is 2. The highest BCUT2D eigenvalue weighted by Gasteiger charge is 2.07. The van der Waals surface area contributed by atoms with E-state index in [4.69, 9.17) is 0 Å². The quantitative estimate of drug-likeness (QED) is 0.613. The number of carbonyl (C=O) groups excluding carboxylic acids is 1. The van der Waals surface area contributed by atoms with Crippen molar-refractivity contribution in [2.45, 2.75) is 13.5 Å². The summed E-state index contributed by atoms with van der Waals surface area (Å²) in [6, 6.07) is 15.2. The fourth-order valence-corrected chi connectivity index (χ4v) is 2.76. The van der Waals surface area contributed by atoms with Crippen molar-refractivity contribution in [3.05, 3.63) is 70.6 Å². The third kappa shape index (κ3) is 4.66. The van der Waals surface area contributed by atoms with E-state index in [0.29, 0.717) is 13.1 Å². The average Bonchev–Trinajstić information content (AvgIpc) is 2.93. The van der Waals surface area contributed by atoms with Crippen LogP contribution in [-0.2, 0) is 16.1 Å². The first-order chi connectivity index (χ1) is 11.2. The van der Waals surface area contributed by atoms with Crippen molar-refractivity contribution >= 4 is 33.3 Å². The molecule has 2 aromatic carbocycles. The summed E-state index contributed by atoms with van der Waals surface area (Å²) < 4.78 is 20.5. The molecule has 0 N–H and O–H groups in total. The first kappa shape index (κ1) is 17.2. The molecule has 1 heterocycles. The third-order valence-corrected chi connectivity index (χ3v) is 3.89. The molecule has 23 heavy (non-hydrogen) atoms. The average molecular weight is 378 g/mol. The maximum Gasteiger partial charge on any atom is 0.293 e. The highest BCUT2D eigenvalue weighted by atomic mass is 79.9. The topological polar surface area (TPSA) is 31.2 Å². The number of hydrogen-bond acceptors (Lipinski definition) is 2. The minimum absolute atomic E-state index is 0.220. The van der Waals surface area contributed by atoms with Gasteiger partial charge in [-0.25, -0.2) is 4.39 Å². The molecule has 0 bridgehead atoms. The van der Waals surface area contributed by atoms with E-state index in [1.807, 2.05) is 30.5 Å². The van der Waals surface area contributed by atoms with Gasteiger partial charge in [0.05, 0.1) is 12.1 Å². The van der Waals surface area contributed by atoms with Gasteiger partial charge in [0.2, 0.25) is 0 Å². The van der Waals surface area contributed by atoms with Gasteiger partial charge in [0.25, 0.3) is 6.47 Å². The van der Waals surface area contributed by atoms with Crippen LogP contribution in [0.15, 0.2) is 59.2 Å². The zero-order valence-electron chi connectivity index (χ0n) is 12.7. The SMILES string of the molecule is CCOC=O.Fc1cc(Br)c2ccn(Cc3ccccc3)c2c1. The molecule has 0 fully saturated rings. The summed E-state index contributed by atoms with van der Waals surface area (Å²) in [6.45, 7) is 3.41. The van der Waals surface area contributed by atoms with Gasteiger partial charge < -0.3 is 9.30 Å². The van der Waals surface area contributed by atoms with Gasteiger partial charge in [-0.15, -0.1) is 0 Å². The van der Waals surface area contributed by atoms with Crippen LogP contribution in [0.5, 0.6) is 0 Å². The summed E-state index contributed by atoms with van der Waals surface area (Å²) in [5.41, 5.74) is 2.11. The molecule has 0 radical (unpaired) electrons. The lowest BCUT2D eigenvalue weighted by atomic mass is 10.2. The third-order valence-electron chi connectivity index (χ3n) is 3.23. The van der Waals surface area contributed by atoms with Gasteiger partial charge in [-0.2, -0.15) is 0 Å². The van der Waals surface area contributed by atoms with Crippen LogP contribution >= 0.6 is 15.9 Å². The van der Waals surface area contributed by atoms with E-state index in [9.17, 15) is 9.18 Å². The van der Waals surface area contributed by atoms with Crippen LogP contribution in [0.4, 0.5) is 4.39 Å². The molecular weight excluding hydrogens is 361 g/mol. The molecule has 0 aliphatic heterocycles. The summed E-state index contributed by atoms with van der Waals surface area (Å²) in [6.07, 6.45) is 1.99. The first-order valence-corrected chi connectivity index (χ1v) is 7.98. The van der Waals surface area contributed by atoms with E-state index in [-0.39, 0.29) is 5.82 Å². The Hall–Kier alpha value is -2.14. The van der Waals surface area contributed by atoms with E-state index < -0.39 is 0 Å². The summed E-state index contributed by atoms with van der Waals surface area (Å²) >= 11 is 3.39. The zero-order valence-corrected chi connectivity index (χ0v) is 14.3. The number of nitrogens with zero attached hydrogens (tertiary/aromatic N) is 1. The van der Waals surface area contributed by atoms with Gasteiger partial charge in [-0.3, -0.25) is 4.79 Å². The van der Waals surface area contributed by atoms with Gasteiger partial charge >= 0.3 is 0 Å². The second-order valence-corrected chi connectivity index (χ2v) is 5.66. The van der Waals surface area contributed by atoms with Gasteiger partial charge in [-0.05, 0) is 46.6 Å². The van der Waals surface area contributed by atoms with Crippen LogP contribution in [0.1, 0.15) is 12.5 Å². The molecule has 0 saturated heterocycles. The van der Waals surface area contributed by atoms with Crippen molar-refractivity contribution in [3.63, 3.8) is 0 Å². The largest absolute Gasteiger partial charge is 0.468 e. The van der Waals surface area contributed by atoms with E-state index in [1.54, 1.807) is 13.0 Å². The molecule has 0 unspecified atom stereocenters. The number of fused-ring (bicyclic) bond motifs is 1. The second kappa shape index (κ2) is 8.48.